The summed E-state index contributed by atoms with van der Waals surface area (Å²) < 4.78 is 12.8. The summed E-state index contributed by atoms with van der Waals surface area (Å²) in [4.78, 5) is 2.27. The van der Waals surface area contributed by atoms with Crippen LogP contribution in [0, 0.1) is 5.82 Å². The van der Waals surface area contributed by atoms with Crippen LogP contribution in [0.3, 0.4) is 0 Å². The molecule has 1 N–H and O–H groups in total. The van der Waals surface area contributed by atoms with Gasteiger partial charge in [0, 0.05) is 24.8 Å². The zero-order valence-electron chi connectivity index (χ0n) is 11.0. The minimum absolute atomic E-state index is 0.175. The van der Waals surface area contributed by atoms with Gasteiger partial charge in [0.25, 0.3) is 0 Å². The van der Waals surface area contributed by atoms with E-state index in [1.165, 1.54) is 12.1 Å². The van der Waals surface area contributed by atoms with Crippen LogP contribution in [-0.2, 0) is 0 Å². The molecule has 96 valence electrons. The summed E-state index contributed by atoms with van der Waals surface area (Å²) in [7, 11) is 0. The van der Waals surface area contributed by atoms with E-state index in [1.807, 2.05) is 12.1 Å². The zero-order chi connectivity index (χ0) is 12.7. The first-order valence-corrected chi connectivity index (χ1v) is 6.37. The van der Waals surface area contributed by atoms with E-state index in [1.54, 1.807) is 0 Å². The van der Waals surface area contributed by atoms with E-state index in [4.69, 9.17) is 0 Å². The Labute approximate surface area is 104 Å². The molecule has 0 fully saturated rings. The van der Waals surface area contributed by atoms with Crippen LogP contribution in [0.2, 0.25) is 0 Å². The first kappa shape index (κ1) is 14.0. The molecule has 0 saturated carbocycles. The second kappa shape index (κ2) is 7.28. The fourth-order valence-corrected chi connectivity index (χ4v) is 1.78. The van der Waals surface area contributed by atoms with Crippen molar-refractivity contribution in [3.63, 3.8) is 0 Å². The average Bonchev–Trinajstić information content (AvgIpc) is 2.30. The summed E-state index contributed by atoms with van der Waals surface area (Å²) in [5.41, 5.74) is 1.10. The molecular formula is C14H23FN2. The molecule has 0 aliphatic heterocycles. The minimum Gasteiger partial charge on any atom is -0.372 e. The number of nitrogens with zero attached hydrogens (tertiary/aromatic N) is 1. The molecule has 1 rings (SSSR count). The van der Waals surface area contributed by atoms with Gasteiger partial charge in [0.05, 0.1) is 0 Å². The maximum absolute atomic E-state index is 12.8. The first-order chi connectivity index (χ1) is 8.13. The van der Waals surface area contributed by atoms with Gasteiger partial charge >= 0.3 is 0 Å². The Morgan fingerprint density at radius 3 is 2.41 bits per heavy atom. The molecule has 17 heavy (non-hydrogen) atoms. The standard InChI is InChI=1S/C14H23FN2/c1-4-17(11-5-10-16-12(2)3)14-8-6-13(15)7-9-14/h6-9,12,16H,4-5,10-11H2,1-3H3. The Morgan fingerprint density at radius 2 is 1.88 bits per heavy atom. The van der Waals surface area contributed by atoms with Gasteiger partial charge in [-0.1, -0.05) is 13.8 Å². The molecule has 0 spiro atoms. The maximum atomic E-state index is 12.8. The average molecular weight is 238 g/mol. The molecule has 0 saturated heterocycles. The lowest BCUT2D eigenvalue weighted by atomic mass is 10.2. The molecule has 3 heteroatoms. The van der Waals surface area contributed by atoms with Crippen LogP contribution in [0.5, 0.6) is 0 Å². The van der Waals surface area contributed by atoms with Crippen molar-refractivity contribution in [1.29, 1.82) is 0 Å². The summed E-state index contributed by atoms with van der Waals surface area (Å²) in [5, 5.41) is 3.40. The van der Waals surface area contributed by atoms with Crippen LogP contribution < -0.4 is 10.2 Å². The summed E-state index contributed by atoms with van der Waals surface area (Å²) in [6.07, 6.45) is 1.10. The number of hydrogen-bond donors (Lipinski definition) is 1. The summed E-state index contributed by atoms with van der Waals surface area (Å²) >= 11 is 0. The van der Waals surface area contributed by atoms with Crippen molar-refractivity contribution in [2.45, 2.75) is 33.2 Å². The predicted octanol–water partition coefficient (Wildman–Crippen LogP) is 3.04. The van der Waals surface area contributed by atoms with Crippen molar-refractivity contribution < 1.29 is 4.39 Å². The number of halogens is 1. The van der Waals surface area contributed by atoms with Gasteiger partial charge in [-0.05, 0) is 44.2 Å². The van der Waals surface area contributed by atoms with E-state index in [0.717, 1.165) is 31.7 Å². The van der Waals surface area contributed by atoms with E-state index in [2.05, 4.69) is 31.0 Å². The van der Waals surface area contributed by atoms with Crippen LogP contribution in [0.15, 0.2) is 24.3 Å². The quantitative estimate of drug-likeness (QED) is 0.734. The molecule has 0 aromatic heterocycles. The van der Waals surface area contributed by atoms with E-state index in [9.17, 15) is 4.39 Å². The lowest BCUT2D eigenvalue weighted by Gasteiger charge is -2.23. The Kier molecular flexibility index (Phi) is 5.98. The molecule has 0 amide bonds. The fourth-order valence-electron chi connectivity index (χ4n) is 1.78. The van der Waals surface area contributed by atoms with Crippen LogP contribution in [0.25, 0.3) is 0 Å². The number of anilines is 1. The van der Waals surface area contributed by atoms with Crippen LogP contribution in [0.1, 0.15) is 27.2 Å². The van der Waals surface area contributed by atoms with Gasteiger partial charge in [-0.25, -0.2) is 4.39 Å². The van der Waals surface area contributed by atoms with Gasteiger partial charge in [0.1, 0.15) is 5.82 Å². The van der Waals surface area contributed by atoms with Crippen LogP contribution in [0.4, 0.5) is 10.1 Å². The lowest BCUT2D eigenvalue weighted by molar-refractivity contribution is 0.566. The lowest BCUT2D eigenvalue weighted by Crippen LogP contribution is -2.29. The fraction of sp³-hybridized carbons (Fsp3) is 0.571. The first-order valence-electron chi connectivity index (χ1n) is 6.37. The third-order valence-corrected chi connectivity index (χ3v) is 2.73. The topological polar surface area (TPSA) is 15.3 Å². The van der Waals surface area contributed by atoms with Gasteiger partial charge in [-0.3, -0.25) is 0 Å². The van der Waals surface area contributed by atoms with Crippen molar-refractivity contribution in [2.24, 2.45) is 0 Å². The number of benzene rings is 1. The Hall–Kier alpha value is -1.09. The molecule has 0 atom stereocenters. The normalized spacial score (nSPS) is 10.9. The maximum Gasteiger partial charge on any atom is 0.123 e. The molecule has 0 bridgehead atoms. The highest BCUT2D eigenvalue weighted by atomic mass is 19.1. The molecule has 0 aliphatic rings. The molecule has 0 unspecified atom stereocenters. The molecule has 0 heterocycles. The second-order valence-electron chi connectivity index (χ2n) is 4.52. The van der Waals surface area contributed by atoms with Crippen molar-refractivity contribution in [2.75, 3.05) is 24.5 Å². The number of hydrogen-bond acceptors (Lipinski definition) is 2. The zero-order valence-corrected chi connectivity index (χ0v) is 11.0. The monoisotopic (exact) mass is 238 g/mol. The van der Waals surface area contributed by atoms with Gasteiger partial charge in [0.2, 0.25) is 0 Å². The molecular weight excluding hydrogens is 215 g/mol. The van der Waals surface area contributed by atoms with E-state index in [-0.39, 0.29) is 5.82 Å². The molecule has 2 nitrogen and oxygen atoms in total. The third kappa shape index (κ3) is 5.18. The van der Waals surface area contributed by atoms with Gasteiger partial charge < -0.3 is 10.2 Å². The highest BCUT2D eigenvalue weighted by molar-refractivity contribution is 5.45. The minimum atomic E-state index is -0.175. The summed E-state index contributed by atoms with van der Waals surface area (Å²) in [6.45, 7) is 9.40. The number of nitrogens with one attached hydrogen (secondary N) is 1. The van der Waals surface area contributed by atoms with Crippen molar-refractivity contribution >= 4 is 5.69 Å². The smallest absolute Gasteiger partial charge is 0.123 e. The Morgan fingerprint density at radius 1 is 1.24 bits per heavy atom. The van der Waals surface area contributed by atoms with E-state index < -0.39 is 0 Å². The van der Waals surface area contributed by atoms with E-state index in [0.29, 0.717) is 6.04 Å². The summed E-state index contributed by atoms with van der Waals surface area (Å²) in [6, 6.07) is 7.26. The molecule has 0 radical (unpaired) electrons. The van der Waals surface area contributed by atoms with Gasteiger partial charge in [-0.15, -0.1) is 0 Å². The summed E-state index contributed by atoms with van der Waals surface area (Å²) in [5.74, 6) is -0.175. The van der Waals surface area contributed by atoms with Crippen LogP contribution in [-0.4, -0.2) is 25.7 Å². The highest BCUT2D eigenvalue weighted by Crippen LogP contribution is 2.14. The predicted molar refractivity (Wildman–Crippen MR) is 72.0 cm³/mol. The SMILES string of the molecule is CCN(CCCNC(C)C)c1ccc(F)cc1. The Bertz CT molecular complexity index is 309. The highest BCUT2D eigenvalue weighted by Gasteiger charge is 2.03. The Balaban J connectivity index is 2.40. The third-order valence-electron chi connectivity index (χ3n) is 2.73. The van der Waals surface area contributed by atoms with E-state index >= 15 is 0 Å². The van der Waals surface area contributed by atoms with Crippen molar-refractivity contribution in [3.8, 4) is 0 Å². The largest absolute Gasteiger partial charge is 0.372 e. The number of rotatable bonds is 7. The van der Waals surface area contributed by atoms with Gasteiger partial charge in [0.15, 0.2) is 0 Å². The van der Waals surface area contributed by atoms with Crippen molar-refractivity contribution in [3.05, 3.63) is 30.1 Å². The molecule has 1 aromatic carbocycles. The molecule has 0 aliphatic carbocycles. The second-order valence-corrected chi connectivity index (χ2v) is 4.52. The van der Waals surface area contributed by atoms with Crippen molar-refractivity contribution in [1.82, 2.24) is 5.32 Å². The van der Waals surface area contributed by atoms with Crippen LogP contribution >= 0.6 is 0 Å². The molecule has 1 aromatic rings. The van der Waals surface area contributed by atoms with Gasteiger partial charge in [-0.2, -0.15) is 0 Å².